The predicted molar refractivity (Wildman–Crippen MR) is 111 cm³/mol. The molecule has 1 saturated heterocycles. The number of nitrogens with zero attached hydrogens (tertiary/aromatic N) is 4. The fraction of sp³-hybridized carbons (Fsp3) is 0.545. The van der Waals surface area contributed by atoms with Crippen LogP contribution in [0.1, 0.15) is 33.7 Å². The van der Waals surface area contributed by atoms with Crippen LogP contribution in [0.4, 0.5) is 0 Å². The molecule has 1 atom stereocenters. The smallest absolute Gasteiger partial charge is 0.271 e. The first-order valence-corrected chi connectivity index (χ1v) is 10.4. The van der Waals surface area contributed by atoms with Crippen molar-refractivity contribution in [3.05, 3.63) is 52.8 Å². The van der Waals surface area contributed by atoms with Gasteiger partial charge in [-0.15, -0.1) is 0 Å². The third kappa shape index (κ3) is 3.98. The molecule has 1 fully saturated rings. The molecule has 1 N–H and O–H groups in total. The fourth-order valence-corrected chi connectivity index (χ4v) is 4.53. The molecule has 0 spiro atoms. The van der Waals surface area contributed by atoms with Crippen LogP contribution < -0.4 is 5.32 Å². The molecule has 150 valence electrons. The highest BCUT2D eigenvalue weighted by Crippen LogP contribution is 2.28. The molecule has 4 rings (SSSR count). The van der Waals surface area contributed by atoms with Gasteiger partial charge in [-0.1, -0.05) is 30.3 Å². The highest BCUT2D eigenvalue weighted by molar-refractivity contribution is 5.93. The van der Waals surface area contributed by atoms with Crippen molar-refractivity contribution in [2.24, 2.45) is 0 Å². The first-order valence-electron chi connectivity index (χ1n) is 10.4. The quantitative estimate of drug-likeness (QED) is 0.855. The Morgan fingerprint density at radius 3 is 2.64 bits per heavy atom. The Labute approximate surface area is 167 Å². The first-order chi connectivity index (χ1) is 13.7. The highest BCUT2D eigenvalue weighted by atomic mass is 16.1. The van der Waals surface area contributed by atoms with Crippen LogP contribution in [0, 0.1) is 0 Å². The number of amides is 1. The average Bonchev–Trinajstić information content (AvgIpc) is 3.11. The Balaban J connectivity index is 1.54. The third-order valence-electron chi connectivity index (χ3n) is 6.27. The Morgan fingerprint density at radius 1 is 1.18 bits per heavy atom. The molecule has 2 heterocycles. The van der Waals surface area contributed by atoms with E-state index in [4.69, 9.17) is 5.10 Å². The van der Waals surface area contributed by atoms with Gasteiger partial charge in [0, 0.05) is 57.1 Å². The molecule has 1 amide bonds. The molecule has 2 aliphatic rings. The maximum Gasteiger partial charge on any atom is 0.271 e. The van der Waals surface area contributed by atoms with E-state index in [0.717, 1.165) is 58.4 Å². The zero-order valence-electron chi connectivity index (χ0n) is 17.0. The molecular weight excluding hydrogens is 350 g/mol. The number of hydrogen-bond acceptors (Lipinski definition) is 4. The first kappa shape index (κ1) is 19.2. The topological polar surface area (TPSA) is 53.4 Å². The van der Waals surface area contributed by atoms with Gasteiger partial charge >= 0.3 is 0 Å². The van der Waals surface area contributed by atoms with Crippen molar-refractivity contribution in [3.8, 4) is 0 Å². The molecule has 6 heteroatoms. The number of benzene rings is 1. The van der Waals surface area contributed by atoms with Crippen LogP contribution in [0.2, 0.25) is 0 Å². The van der Waals surface area contributed by atoms with Crippen LogP contribution in [-0.4, -0.2) is 71.8 Å². The summed E-state index contributed by atoms with van der Waals surface area (Å²) < 4.78 is 2.09. The van der Waals surface area contributed by atoms with Gasteiger partial charge in [0.25, 0.3) is 5.91 Å². The van der Waals surface area contributed by atoms with E-state index in [0.29, 0.717) is 11.7 Å². The number of aromatic nitrogens is 2. The molecular formula is C22H31N5O. The molecule has 6 nitrogen and oxygen atoms in total. The summed E-state index contributed by atoms with van der Waals surface area (Å²) in [6, 6.07) is 11.0. The van der Waals surface area contributed by atoms with Gasteiger partial charge in [0.05, 0.1) is 0 Å². The molecule has 1 aromatic carbocycles. The summed E-state index contributed by atoms with van der Waals surface area (Å²) in [6.07, 6.45) is 4.03. The zero-order valence-corrected chi connectivity index (χ0v) is 17.0. The monoisotopic (exact) mass is 381 g/mol. The van der Waals surface area contributed by atoms with Gasteiger partial charge in [-0.25, -0.2) is 0 Å². The molecule has 0 bridgehead atoms. The number of aryl methyl sites for hydroxylation is 2. The molecule has 1 aliphatic heterocycles. The maximum absolute atomic E-state index is 12.5. The predicted octanol–water partition coefficient (Wildman–Crippen LogP) is 1.59. The average molecular weight is 382 g/mol. The lowest BCUT2D eigenvalue weighted by Crippen LogP contribution is -2.50. The van der Waals surface area contributed by atoms with E-state index in [1.54, 1.807) is 7.05 Å². The van der Waals surface area contributed by atoms with Crippen LogP contribution in [0.15, 0.2) is 30.3 Å². The molecule has 0 radical (unpaired) electrons. The molecule has 1 aromatic heterocycles. The third-order valence-corrected chi connectivity index (χ3v) is 6.27. The minimum atomic E-state index is -0.0614. The van der Waals surface area contributed by atoms with Crippen molar-refractivity contribution < 1.29 is 4.79 Å². The SMILES string of the molecule is CNC(=O)c1nn(CCc2ccccc2)c2c1CC(N1CCN(C)CC1)CC2. The van der Waals surface area contributed by atoms with Crippen LogP contribution in [0.3, 0.4) is 0 Å². The van der Waals surface area contributed by atoms with E-state index in [-0.39, 0.29) is 5.91 Å². The van der Waals surface area contributed by atoms with Gasteiger partial charge in [-0.2, -0.15) is 5.10 Å². The highest BCUT2D eigenvalue weighted by Gasteiger charge is 2.32. The minimum Gasteiger partial charge on any atom is -0.354 e. The van der Waals surface area contributed by atoms with Gasteiger partial charge in [0.1, 0.15) is 0 Å². The van der Waals surface area contributed by atoms with Crippen molar-refractivity contribution >= 4 is 5.91 Å². The van der Waals surface area contributed by atoms with Gasteiger partial charge in [-0.05, 0) is 38.3 Å². The largest absolute Gasteiger partial charge is 0.354 e. The zero-order chi connectivity index (χ0) is 19.5. The molecule has 1 aliphatic carbocycles. The second-order valence-corrected chi connectivity index (χ2v) is 8.05. The second-order valence-electron chi connectivity index (χ2n) is 8.05. The fourth-order valence-electron chi connectivity index (χ4n) is 4.53. The summed E-state index contributed by atoms with van der Waals surface area (Å²) in [5.74, 6) is -0.0614. The lowest BCUT2D eigenvalue weighted by Gasteiger charge is -2.39. The van der Waals surface area contributed by atoms with Crippen LogP contribution >= 0.6 is 0 Å². The van der Waals surface area contributed by atoms with Crippen molar-refractivity contribution in [3.63, 3.8) is 0 Å². The van der Waals surface area contributed by atoms with E-state index in [9.17, 15) is 4.79 Å². The number of carbonyl (C=O) groups excluding carboxylic acids is 1. The van der Waals surface area contributed by atoms with Crippen molar-refractivity contribution in [1.29, 1.82) is 0 Å². The number of likely N-dealkylation sites (N-methyl/N-ethyl adjacent to an activating group) is 1. The molecule has 2 aromatic rings. The minimum absolute atomic E-state index is 0.0614. The van der Waals surface area contributed by atoms with E-state index in [1.807, 2.05) is 6.07 Å². The number of piperazine rings is 1. The van der Waals surface area contributed by atoms with E-state index in [2.05, 4.69) is 51.1 Å². The van der Waals surface area contributed by atoms with E-state index < -0.39 is 0 Å². The maximum atomic E-state index is 12.5. The summed E-state index contributed by atoms with van der Waals surface area (Å²) in [4.78, 5) is 17.5. The van der Waals surface area contributed by atoms with Gasteiger partial charge in [-0.3, -0.25) is 14.4 Å². The van der Waals surface area contributed by atoms with Crippen molar-refractivity contribution in [2.75, 3.05) is 40.3 Å². The summed E-state index contributed by atoms with van der Waals surface area (Å²) >= 11 is 0. The summed E-state index contributed by atoms with van der Waals surface area (Å²) in [5.41, 5.74) is 4.37. The van der Waals surface area contributed by atoms with Crippen LogP contribution in [0.5, 0.6) is 0 Å². The van der Waals surface area contributed by atoms with Crippen LogP contribution in [0.25, 0.3) is 0 Å². The number of fused-ring (bicyclic) bond motifs is 1. The Morgan fingerprint density at radius 2 is 1.93 bits per heavy atom. The van der Waals surface area contributed by atoms with Crippen molar-refractivity contribution in [2.45, 2.75) is 38.3 Å². The summed E-state index contributed by atoms with van der Waals surface area (Å²) in [5, 5.41) is 7.53. The molecule has 0 saturated carbocycles. The van der Waals surface area contributed by atoms with E-state index in [1.165, 1.54) is 16.8 Å². The van der Waals surface area contributed by atoms with Crippen molar-refractivity contribution in [1.82, 2.24) is 24.9 Å². The summed E-state index contributed by atoms with van der Waals surface area (Å²) in [6.45, 7) is 5.31. The normalized spacial score (nSPS) is 20.7. The number of rotatable bonds is 5. The standard InChI is InChI=1S/C22H31N5O/c1-23-22(28)21-19-16-18(26-14-12-25(2)13-15-26)8-9-20(19)27(24-21)11-10-17-6-4-3-5-7-17/h3-7,18H,8-16H2,1-2H3,(H,23,28). The second kappa shape index (κ2) is 8.45. The Hall–Kier alpha value is -2.18. The number of nitrogens with one attached hydrogen (secondary N) is 1. The lowest BCUT2D eigenvalue weighted by molar-refractivity contribution is 0.0949. The summed E-state index contributed by atoms with van der Waals surface area (Å²) in [7, 11) is 3.88. The Kier molecular flexibility index (Phi) is 5.78. The lowest BCUT2D eigenvalue weighted by atomic mass is 9.89. The van der Waals surface area contributed by atoms with Gasteiger partial charge < -0.3 is 10.2 Å². The van der Waals surface area contributed by atoms with Crippen LogP contribution in [-0.2, 0) is 25.8 Å². The Bertz CT molecular complexity index is 808. The molecule has 1 unspecified atom stereocenters. The van der Waals surface area contributed by atoms with Gasteiger partial charge in [0.2, 0.25) is 0 Å². The number of carbonyl (C=O) groups is 1. The van der Waals surface area contributed by atoms with E-state index >= 15 is 0 Å². The van der Waals surface area contributed by atoms with Gasteiger partial charge in [0.15, 0.2) is 5.69 Å². The molecule has 28 heavy (non-hydrogen) atoms. The number of hydrogen-bond donors (Lipinski definition) is 1.